The molecule has 49 heavy (non-hydrogen) atoms. The molecule has 0 amide bonds. The summed E-state index contributed by atoms with van der Waals surface area (Å²) in [4.78, 5) is 14.6. The van der Waals surface area contributed by atoms with Gasteiger partial charge in [0.25, 0.3) is 0 Å². The maximum Gasteiger partial charge on any atom is 0.164 e. The van der Waals surface area contributed by atoms with E-state index in [1.54, 1.807) is 0 Å². The summed E-state index contributed by atoms with van der Waals surface area (Å²) in [6.07, 6.45) is 0. The first-order valence-corrected chi connectivity index (χ1v) is 16.5. The molecule has 9 aromatic rings. The van der Waals surface area contributed by atoms with Crippen molar-refractivity contribution in [1.82, 2.24) is 19.5 Å². The number of para-hydroxylation sites is 2. The van der Waals surface area contributed by atoms with Crippen molar-refractivity contribution in [3.05, 3.63) is 182 Å². The van der Waals surface area contributed by atoms with E-state index in [0.29, 0.717) is 17.5 Å². The summed E-state index contributed by atoms with van der Waals surface area (Å²) >= 11 is 0. The molecule has 0 aliphatic heterocycles. The Morgan fingerprint density at radius 3 is 1.35 bits per heavy atom. The van der Waals surface area contributed by atoms with Crippen LogP contribution in [0.2, 0.25) is 0 Å². The van der Waals surface area contributed by atoms with Crippen molar-refractivity contribution in [1.29, 1.82) is 0 Å². The summed E-state index contributed by atoms with van der Waals surface area (Å²) in [5, 5.41) is 2.49. The highest BCUT2D eigenvalue weighted by Crippen LogP contribution is 2.36. The molecule has 9 rings (SSSR count). The van der Waals surface area contributed by atoms with E-state index in [1.165, 1.54) is 32.9 Å². The molecule has 0 spiro atoms. The van der Waals surface area contributed by atoms with Crippen molar-refractivity contribution in [2.75, 3.05) is 0 Å². The van der Waals surface area contributed by atoms with Gasteiger partial charge in [-0.15, -0.1) is 0 Å². The van der Waals surface area contributed by atoms with E-state index in [-0.39, 0.29) is 0 Å². The molecule has 0 aliphatic carbocycles. The smallest absolute Gasteiger partial charge is 0.164 e. The third-order valence-electron chi connectivity index (χ3n) is 9.06. The first-order valence-electron chi connectivity index (χ1n) is 16.5. The topological polar surface area (TPSA) is 43.6 Å². The van der Waals surface area contributed by atoms with E-state index in [9.17, 15) is 0 Å². The molecule has 4 heteroatoms. The number of hydrogen-bond donors (Lipinski definition) is 0. The summed E-state index contributed by atoms with van der Waals surface area (Å²) in [6.45, 7) is 0. The molecule has 0 N–H and O–H groups in total. The van der Waals surface area contributed by atoms with Gasteiger partial charge in [-0.3, -0.25) is 0 Å². The van der Waals surface area contributed by atoms with Crippen LogP contribution in [0.15, 0.2) is 182 Å². The first kappa shape index (κ1) is 28.6. The number of hydrogen-bond acceptors (Lipinski definition) is 3. The summed E-state index contributed by atoms with van der Waals surface area (Å²) in [7, 11) is 0. The molecule has 2 heterocycles. The molecule has 4 nitrogen and oxygen atoms in total. The van der Waals surface area contributed by atoms with Gasteiger partial charge in [0.1, 0.15) is 0 Å². The van der Waals surface area contributed by atoms with Crippen LogP contribution in [0.4, 0.5) is 0 Å². The van der Waals surface area contributed by atoms with Crippen LogP contribution in [0.3, 0.4) is 0 Å². The van der Waals surface area contributed by atoms with Gasteiger partial charge in [-0.05, 0) is 58.7 Å². The lowest BCUT2D eigenvalue weighted by molar-refractivity contribution is 1.07. The second-order valence-corrected chi connectivity index (χ2v) is 12.1. The van der Waals surface area contributed by atoms with Gasteiger partial charge >= 0.3 is 0 Å². The standard InChI is InChI=1S/C45H30N4/c1-4-13-32(14-5-1)43-46-44(33-15-6-2-7-16-33)48-45(47-43)34-25-23-31(24-26-34)35-17-12-18-36(29-35)37-27-28-42-40(30-37)39-21-10-11-22-41(39)49(42)38-19-8-3-9-20-38/h1-30H. The molecule has 0 bridgehead atoms. The molecule has 0 saturated heterocycles. The minimum absolute atomic E-state index is 0.649. The van der Waals surface area contributed by atoms with E-state index in [0.717, 1.165) is 33.5 Å². The average molecular weight is 627 g/mol. The van der Waals surface area contributed by atoms with Crippen molar-refractivity contribution >= 4 is 21.8 Å². The molecule has 230 valence electrons. The SMILES string of the molecule is c1ccc(-c2nc(-c3ccccc3)nc(-c3ccc(-c4cccc(-c5ccc6c(c5)c5ccccc5n6-c5ccccc5)c4)cc3)n2)cc1. The summed E-state index contributed by atoms with van der Waals surface area (Å²) in [5.74, 6) is 1.96. The zero-order valence-corrected chi connectivity index (χ0v) is 26.6. The van der Waals surface area contributed by atoms with Gasteiger partial charge in [0.2, 0.25) is 0 Å². The van der Waals surface area contributed by atoms with Crippen LogP contribution in [-0.2, 0) is 0 Å². The van der Waals surface area contributed by atoms with Crippen LogP contribution < -0.4 is 0 Å². The summed E-state index contributed by atoms with van der Waals surface area (Å²) in [6, 6.07) is 63.5. The lowest BCUT2D eigenvalue weighted by Gasteiger charge is -2.10. The molecule has 7 aromatic carbocycles. The monoisotopic (exact) mass is 626 g/mol. The third-order valence-corrected chi connectivity index (χ3v) is 9.06. The number of rotatable bonds is 6. The van der Waals surface area contributed by atoms with Crippen molar-refractivity contribution in [3.63, 3.8) is 0 Å². The zero-order chi connectivity index (χ0) is 32.6. The lowest BCUT2D eigenvalue weighted by atomic mass is 9.97. The molecular weight excluding hydrogens is 597 g/mol. The highest BCUT2D eigenvalue weighted by atomic mass is 15.0. The fraction of sp³-hybridized carbons (Fsp3) is 0. The van der Waals surface area contributed by atoms with Crippen LogP contribution in [0.25, 0.3) is 83.9 Å². The van der Waals surface area contributed by atoms with Gasteiger partial charge in [-0.2, -0.15) is 0 Å². The van der Waals surface area contributed by atoms with E-state index in [1.807, 2.05) is 60.7 Å². The fourth-order valence-corrected chi connectivity index (χ4v) is 6.64. The lowest BCUT2D eigenvalue weighted by Crippen LogP contribution is -2.00. The summed E-state index contributed by atoms with van der Waals surface area (Å²) < 4.78 is 2.35. The van der Waals surface area contributed by atoms with Crippen molar-refractivity contribution in [2.45, 2.75) is 0 Å². The Hall–Kier alpha value is -6.65. The molecule has 2 aromatic heterocycles. The minimum atomic E-state index is 0.649. The highest BCUT2D eigenvalue weighted by molar-refractivity contribution is 6.10. The quantitative estimate of drug-likeness (QED) is 0.184. The Balaban J connectivity index is 1.07. The maximum absolute atomic E-state index is 4.90. The van der Waals surface area contributed by atoms with Gasteiger partial charge in [0, 0.05) is 33.2 Å². The van der Waals surface area contributed by atoms with E-state index < -0.39 is 0 Å². The van der Waals surface area contributed by atoms with E-state index in [2.05, 4.69) is 126 Å². The minimum Gasteiger partial charge on any atom is -0.309 e. The maximum atomic E-state index is 4.90. The fourth-order valence-electron chi connectivity index (χ4n) is 6.64. The van der Waals surface area contributed by atoms with Gasteiger partial charge in [-0.1, -0.05) is 146 Å². The van der Waals surface area contributed by atoms with Crippen LogP contribution in [0.1, 0.15) is 0 Å². The number of aromatic nitrogens is 4. The highest BCUT2D eigenvalue weighted by Gasteiger charge is 2.15. The third kappa shape index (κ3) is 5.35. The van der Waals surface area contributed by atoms with E-state index >= 15 is 0 Å². The number of nitrogens with zero attached hydrogens (tertiary/aromatic N) is 4. The van der Waals surface area contributed by atoms with Gasteiger partial charge in [-0.25, -0.2) is 15.0 Å². The predicted octanol–water partition coefficient (Wildman–Crippen LogP) is 11.3. The van der Waals surface area contributed by atoms with Gasteiger partial charge < -0.3 is 4.57 Å². The van der Waals surface area contributed by atoms with Gasteiger partial charge in [0.15, 0.2) is 17.5 Å². The molecule has 0 aliphatic rings. The van der Waals surface area contributed by atoms with Crippen LogP contribution in [0, 0.1) is 0 Å². The van der Waals surface area contributed by atoms with Crippen LogP contribution in [-0.4, -0.2) is 19.5 Å². The Morgan fingerprint density at radius 2 is 0.714 bits per heavy atom. The van der Waals surface area contributed by atoms with Crippen LogP contribution >= 0.6 is 0 Å². The normalized spacial score (nSPS) is 11.3. The van der Waals surface area contributed by atoms with Crippen molar-refractivity contribution in [2.24, 2.45) is 0 Å². The van der Waals surface area contributed by atoms with Crippen molar-refractivity contribution in [3.8, 4) is 62.1 Å². The summed E-state index contributed by atoms with van der Waals surface area (Å²) in [5.41, 5.74) is 11.1. The molecular formula is C45H30N4. The Bertz CT molecular complexity index is 2520. The molecule has 0 radical (unpaired) electrons. The van der Waals surface area contributed by atoms with Gasteiger partial charge in [0.05, 0.1) is 11.0 Å². The molecule has 0 atom stereocenters. The second kappa shape index (κ2) is 12.2. The largest absolute Gasteiger partial charge is 0.309 e. The second-order valence-electron chi connectivity index (χ2n) is 12.1. The zero-order valence-electron chi connectivity index (χ0n) is 26.6. The predicted molar refractivity (Wildman–Crippen MR) is 201 cm³/mol. The molecule has 0 saturated carbocycles. The van der Waals surface area contributed by atoms with Crippen LogP contribution in [0.5, 0.6) is 0 Å². The number of fused-ring (bicyclic) bond motifs is 3. The number of benzene rings is 7. The molecule has 0 unspecified atom stereocenters. The first-order chi connectivity index (χ1) is 24.3. The Morgan fingerprint density at radius 1 is 0.286 bits per heavy atom. The average Bonchev–Trinajstić information content (AvgIpc) is 3.52. The van der Waals surface area contributed by atoms with E-state index in [4.69, 9.17) is 15.0 Å². The molecule has 0 fully saturated rings. The van der Waals surface area contributed by atoms with Crippen molar-refractivity contribution < 1.29 is 0 Å². The Kier molecular flexibility index (Phi) is 7.10. The Labute approximate surface area is 284 Å².